The smallest absolute Gasteiger partial charge is 0.225 e. The van der Waals surface area contributed by atoms with Crippen LogP contribution in [0.3, 0.4) is 0 Å². The molecule has 1 aromatic carbocycles. The Bertz CT molecular complexity index is 610. The maximum atomic E-state index is 11.8. The van der Waals surface area contributed by atoms with Crippen molar-refractivity contribution < 1.29 is 9.53 Å². The number of aryl methyl sites for hydroxylation is 2. The summed E-state index contributed by atoms with van der Waals surface area (Å²) in [6, 6.07) is 5.52. The van der Waals surface area contributed by atoms with Gasteiger partial charge in [-0.05, 0) is 31.0 Å². The van der Waals surface area contributed by atoms with Crippen molar-refractivity contribution in [3.8, 4) is 5.75 Å². The zero-order valence-electron chi connectivity index (χ0n) is 11.4. The minimum absolute atomic E-state index is 0.0655. The van der Waals surface area contributed by atoms with Gasteiger partial charge in [-0.3, -0.25) is 9.89 Å². The second kappa shape index (κ2) is 6.43. The van der Waals surface area contributed by atoms with Crippen LogP contribution in [-0.2, 0) is 11.2 Å². The zero-order chi connectivity index (χ0) is 14.5. The number of nitrogens with one attached hydrogen (secondary N) is 2. The number of halogens is 1. The summed E-state index contributed by atoms with van der Waals surface area (Å²) in [5.41, 5.74) is 1.90. The van der Waals surface area contributed by atoms with Gasteiger partial charge in [0.25, 0.3) is 0 Å². The molecule has 0 unspecified atom stereocenters. The van der Waals surface area contributed by atoms with Gasteiger partial charge in [0.2, 0.25) is 5.91 Å². The molecule has 5 nitrogen and oxygen atoms in total. The number of nitrogens with zero attached hydrogens (tertiary/aromatic N) is 1. The molecule has 2 rings (SSSR count). The number of aromatic nitrogens is 2. The highest BCUT2D eigenvalue weighted by Gasteiger charge is 2.08. The van der Waals surface area contributed by atoms with Crippen molar-refractivity contribution in [3.63, 3.8) is 0 Å². The van der Waals surface area contributed by atoms with Crippen LogP contribution >= 0.6 is 11.6 Å². The van der Waals surface area contributed by atoms with Gasteiger partial charge in [0, 0.05) is 12.0 Å². The van der Waals surface area contributed by atoms with Crippen LogP contribution in [0.1, 0.15) is 17.5 Å². The van der Waals surface area contributed by atoms with Crippen LogP contribution in [0.25, 0.3) is 0 Å². The van der Waals surface area contributed by atoms with E-state index < -0.39 is 0 Å². The van der Waals surface area contributed by atoms with E-state index in [0.717, 1.165) is 11.1 Å². The molecule has 0 saturated carbocycles. The summed E-state index contributed by atoms with van der Waals surface area (Å²) in [6.07, 6.45) is 2.66. The van der Waals surface area contributed by atoms with E-state index in [-0.39, 0.29) is 5.91 Å². The molecule has 0 saturated heterocycles. The van der Waals surface area contributed by atoms with Crippen LogP contribution in [0, 0.1) is 6.92 Å². The molecule has 0 fully saturated rings. The van der Waals surface area contributed by atoms with Crippen LogP contribution < -0.4 is 10.1 Å². The monoisotopic (exact) mass is 293 g/mol. The minimum Gasteiger partial charge on any atom is -0.495 e. The van der Waals surface area contributed by atoms with Gasteiger partial charge in [-0.25, -0.2) is 0 Å². The van der Waals surface area contributed by atoms with E-state index in [1.54, 1.807) is 19.4 Å². The highest BCUT2D eigenvalue weighted by atomic mass is 35.5. The number of carbonyl (C=O) groups is 1. The number of methoxy groups -OCH3 is 1. The Morgan fingerprint density at radius 1 is 1.50 bits per heavy atom. The fraction of sp³-hybridized carbons (Fsp3) is 0.286. The van der Waals surface area contributed by atoms with E-state index in [2.05, 4.69) is 15.5 Å². The van der Waals surface area contributed by atoms with Crippen molar-refractivity contribution in [1.82, 2.24) is 10.2 Å². The molecule has 2 aromatic rings. The number of ether oxygens (including phenoxy) is 1. The van der Waals surface area contributed by atoms with Crippen LogP contribution in [0.4, 0.5) is 5.82 Å². The fourth-order valence-corrected chi connectivity index (χ4v) is 2.08. The lowest BCUT2D eigenvalue weighted by atomic mass is 10.1. The first-order valence-electron chi connectivity index (χ1n) is 6.22. The molecule has 0 atom stereocenters. The van der Waals surface area contributed by atoms with Gasteiger partial charge < -0.3 is 10.1 Å². The fourth-order valence-electron chi connectivity index (χ4n) is 1.80. The van der Waals surface area contributed by atoms with Gasteiger partial charge in [-0.15, -0.1) is 0 Å². The Balaban J connectivity index is 1.90. The summed E-state index contributed by atoms with van der Waals surface area (Å²) in [6.45, 7) is 1.88. The lowest BCUT2D eigenvalue weighted by Crippen LogP contribution is -2.13. The summed E-state index contributed by atoms with van der Waals surface area (Å²) < 4.78 is 5.09. The number of anilines is 1. The van der Waals surface area contributed by atoms with Gasteiger partial charge in [0.05, 0.1) is 18.3 Å². The SMILES string of the molecule is COc1ccc(CCC(=O)Nc2[nH]ncc2C)cc1Cl. The predicted molar refractivity (Wildman–Crippen MR) is 78.3 cm³/mol. The molecule has 1 heterocycles. The van der Waals surface area contributed by atoms with Crippen molar-refractivity contribution in [2.45, 2.75) is 19.8 Å². The molecule has 106 valence electrons. The highest BCUT2D eigenvalue weighted by molar-refractivity contribution is 6.32. The van der Waals surface area contributed by atoms with E-state index in [1.165, 1.54) is 0 Å². The van der Waals surface area contributed by atoms with Gasteiger partial charge in [0.1, 0.15) is 11.6 Å². The first-order chi connectivity index (χ1) is 9.60. The first-order valence-corrected chi connectivity index (χ1v) is 6.60. The summed E-state index contributed by atoms with van der Waals surface area (Å²) >= 11 is 6.04. The van der Waals surface area contributed by atoms with Crippen LogP contribution in [-0.4, -0.2) is 23.2 Å². The molecule has 0 aliphatic carbocycles. The van der Waals surface area contributed by atoms with Gasteiger partial charge in [-0.2, -0.15) is 5.10 Å². The Hall–Kier alpha value is -2.01. The lowest BCUT2D eigenvalue weighted by Gasteiger charge is -2.07. The van der Waals surface area contributed by atoms with Crippen molar-refractivity contribution in [3.05, 3.63) is 40.5 Å². The van der Waals surface area contributed by atoms with E-state index in [4.69, 9.17) is 16.3 Å². The second-order valence-electron chi connectivity index (χ2n) is 4.45. The maximum absolute atomic E-state index is 11.8. The Morgan fingerprint density at radius 2 is 2.30 bits per heavy atom. The number of aromatic amines is 1. The third-order valence-electron chi connectivity index (χ3n) is 2.95. The molecule has 0 aliphatic rings. The number of carbonyl (C=O) groups excluding carboxylic acids is 1. The number of amides is 1. The maximum Gasteiger partial charge on any atom is 0.225 e. The van der Waals surface area contributed by atoms with Gasteiger partial charge >= 0.3 is 0 Å². The number of benzene rings is 1. The topological polar surface area (TPSA) is 67.0 Å². The molecular weight excluding hydrogens is 278 g/mol. The lowest BCUT2D eigenvalue weighted by molar-refractivity contribution is -0.116. The molecule has 0 spiro atoms. The first kappa shape index (κ1) is 14.4. The molecule has 0 bridgehead atoms. The second-order valence-corrected chi connectivity index (χ2v) is 4.85. The number of hydrogen-bond acceptors (Lipinski definition) is 3. The van der Waals surface area contributed by atoms with Crippen molar-refractivity contribution in [1.29, 1.82) is 0 Å². The normalized spacial score (nSPS) is 10.3. The van der Waals surface area contributed by atoms with E-state index in [0.29, 0.717) is 29.4 Å². The largest absolute Gasteiger partial charge is 0.495 e. The third kappa shape index (κ3) is 3.51. The number of hydrogen-bond donors (Lipinski definition) is 2. The Labute approximate surface area is 122 Å². The van der Waals surface area contributed by atoms with E-state index in [9.17, 15) is 4.79 Å². The summed E-state index contributed by atoms with van der Waals surface area (Å²) in [4.78, 5) is 11.8. The Morgan fingerprint density at radius 3 is 2.90 bits per heavy atom. The summed E-state index contributed by atoms with van der Waals surface area (Å²) in [7, 11) is 1.57. The van der Waals surface area contributed by atoms with Crippen molar-refractivity contribution >= 4 is 23.3 Å². The number of H-pyrrole nitrogens is 1. The third-order valence-corrected chi connectivity index (χ3v) is 3.25. The predicted octanol–water partition coefficient (Wildman–Crippen LogP) is 2.95. The molecule has 1 aromatic heterocycles. The molecule has 6 heteroatoms. The van der Waals surface area contributed by atoms with Crippen molar-refractivity contribution in [2.24, 2.45) is 0 Å². The highest BCUT2D eigenvalue weighted by Crippen LogP contribution is 2.25. The van der Waals surface area contributed by atoms with Gasteiger partial charge in [-0.1, -0.05) is 17.7 Å². The quantitative estimate of drug-likeness (QED) is 0.890. The number of rotatable bonds is 5. The van der Waals surface area contributed by atoms with Crippen LogP contribution in [0.15, 0.2) is 24.4 Å². The van der Waals surface area contributed by atoms with Gasteiger partial charge in [0.15, 0.2) is 0 Å². The van der Waals surface area contributed by atoms with Crippen LogP contribution in [0.2, 0.25) is 5.02 Å². The van der Waals surface area contributed by atoms with E-state index >= 15 is 0 Å². The minimum atomic E-state index is -0.0655. The molecule has 2 N–H and O–H groups in total. The summed E-state index contributed by atoms with van der Waals surface area (Å²) in [5.74, 6) is 1.21. The average molecular weight is 294 g/mol. The summed E-state index contributed by atoms with van der Waals surface area (Å²) in [5, 5.41) is 9.93. The molecule has 0 aliphatic heterocycles. The molecular formula is C14H16ClN3O2. The Kier molecular flexibility index (Phi) is 4.63. The molecule has 0 radical (unpaired) electrons. The van der Waals surface area contributed by atoms with Crippen molar-refractivity contribution in [2.75, 3.05) is 12.4 Å². The average Bonchev–Trinajstić information content (AvgIpc) is 2.82. The molecule has 1 amide bonds. The zero-order valence-corrected chi connectivity index (χ0v) is 12.1. The van der Waals surface area contributed by atoms with Crippen LogP contribution in [0.5, 0.6) is 5.75 Å². The standard InChI is InChI=1S/C14H16ClN3O2/c1-9-8-16-18-14(9)17-13(19)6-4-10-3-5-12(20-2)11(15)7-10/h3,5,7-8H,4,6H2,1-2H3,(H2,16,17,18,19). The van der Waals surface area contributed by atoms with E-state index in [1.807, 2.05) is 19.1 Å². The molecule has 20 heavy (non-hydrogen) atoms.